The molecule has 0 amide bonds. The number of nitrogens with one attached hydrogen (secondary N) is 1. The highest BCUT2D eigenvalue weighted by molar-refractivity contribution is 5.47. The fraction of sp³-hybridized carbons (Fsp3) is 0.250. The van der Waals surface area contributed by atoms with Crippen molar-refractivity contribution < 1.29 is 49.3 Å². The molecule has 0 atom stereocenters. The van der Waals surface area contributed by atoms with Gasteiger partial charge in [-0.3, -0.25) is 0 Å². The minimum atomic E-state index is -4.98. The Bertz CT molecular complexity index is 1440. The van der Waals surface area contributed by atoms with Gasteiger partial charge in [-0.1, -0.05) is 66.7 Å². The third-order valence-electron chi connectivity index (χ3n) is 6.57. The molecule has 0 aliphatic heterocycles. The van der Waals surface area contributed by atoms with E-state index in [1.54, 1.807) is 54.6 Å². The van der Waals surface area contributed by atoms with Gasteiger partial charge in [0.05, 0.1) is 0 Å². The summed E-state index contributed by atoms with van der Waals surface area (Å²) in [5, 5.41) is 3.25. The standard InChI is InChI=1S/C32H27F8NO3/c1-29(33,34)42-26-15-13-23(14-16-26)20-41-21-30(19-22-7-3-2-4-8-22,24-9-5-11-27(17-24)43-31(35,36)37)25-10-6-12-28(18-25)44-32(38,39)40/h2-18,41H,19-21H2,1H3. The van der Waals surface area contributed by atoms with Gasteiger partial charge in [0, 0.05) is 25.4 Å². The van der Waals surface area contributed by atoms with Crippen molar-refractivity contribution in [1.29, 1.82) is 0 Å². The van der Waals surface area contributed by atoms with Crippen LogP contribution >= 0.6 is 0 Å². The molecule has 0 heterocycles. The lowest BCUT2D eigenvalue weighted by atomic mass is 9.70. The third-order valence-corrected chi connectivity index (χ3v) is 6.57. The summed E-state index contributed by atoms with van der Waals surface area (Å²) in [4.78, 5) is 0. The molecule has 4 aromatic rings. The van der Waals surface area contributed by atoms with Crippen molar-refractivity contribution in [3.05, 3.63) is 125 Å². The van der Waals surface area contributed by atoms with Crippen molar-refractivity contribution in [3.8, 4) is 17.2 Å². The van der Waals surface area contributed by atoms with Gasteiger partial charge >= 0.3 is 18.8 Å². The third kappa shape index (κ3) is 9.60. The SMILES string of the molecule is CC(F)(F)Oc1ccc(CNCC(Cc2ccccc2)(c2cccc(OC(F)(F)F)c2)c2cccc(OC(F)(F)F)c2)cc1. The van der Waals surface area contributed by atoms with Crippen LogP contribution in [0.2, 0.25) is 0 Å². The maximum absolute atomic E-state index is 13.2. The zero-order valence-corrected chi connectivity index (χ0v) is 23.2. The molecule has 0 saturated heterocycles. The normalized spacial score (nSPS) is 12.6. The molecule has 0 fully saturated rings. The molecule has 0 spiro atoms. The Labute approximate surface area is 248 Å². The lowest BCUT2D eigenvalue weighted by Gasteiger charge is -2.36. The first kappa shape index (κ1) is 32.6. The van der Waals surface area contributed by atoms with E-state index in [0.717, 1.165) is 17.7 Å². The van der Waals surface area contributed by atoms with Crippen LogP contribution in [0, 0.1) is 0 Å². The Balaban J connectivity index is 1.77. The van der Waals surface area contributed by atoms with Crippen molar-refractivity contribution >= 4 is 0 Å². The van der Waals surface area contributed by atoms with Crippen LogP contribution in [0.3, 0.4) is 0 Å². The molecule has 12 heteroatoms. The number of benzene rings is 4. The van der Waals surface area contributed by atoms with Gasteiger partial charge in [-0.25, -0.2) is 0 Å². The Morgan fingerprint density at radius 3 is 1.55 bits per heavy atom. The number of hydrogen-bond donors (Lipinski definition) is 1. The quantitative estimate of drug-likeness (QED) is 0.160. The Morgan fingerprint density at radius 1 is 0.545 bits per heavy atom. The average molecular weight is 626 g/mol. The van der Waals surface area contributed by atoms with Crippen LogP contribution in [-0.2, 0) is 18.4 Å². The maximum Gasteiger partial charge on any atom is 0.573 e. The monoisotopic (exact) mass is 625 g/mol. The zero-order chi connectivity index (χ0) is 32.0. The molecule has 0 aliphatic carbocycles. The summed E-state index contributed by atoms with van der Waals surface area (Å²) in [5.41, 5.74) is 0.821. The highest BCUT2D eigenvalue weighted by Crippen LogP contribution is 2.40. The van der Waals surface area contributed by atoms with E-state index >= 15 is 0 Å². The van der Waals surface area contributed by atoms with E-state index in [2.05, 4.69) is 19.5 Å². The van der Waals surface area contributed by atoms with E-state index in [1.807, 2.05) is 0 Å². The molecule has 1 N–H and O–H groups in total. The predicted octanol–water partition coefficient (Wildman–Crippen LogP) is 8.79. The van der Waals surface area contributed by atoms with Gasteiger partial charge in [-0.05, 0) is 65.1 Å². The van der Waals surface area contributed by atoms with E-state index in [1.165, 1.54) is 36.4 Å². The highest BCUT2D eigenvalue weighted by Gasteiger charge is 2.38. The van der Waals surface area contributed by atoms with E-state index in [0.29, 0.717) is 23.6 Å². The second kappa shape index (κ2) is 13.1. The van der Waals surface area contributed by atoms with Crippen LogP contribution in [0.1, 0.15) is 29.2 Å². The first-order valence-electron chi connectivity index (χ1n) is 13.2. The van der Waals surface area contributed by atoms with Crippen molar-refractivity contribution in [2.45, 2.75) is 44.1 Å². The van der Waals surface area contributed by atoms with Gasteiger partial charge in [-0.15, -0.1) is 26.3 Å². The zero-order valence-electron chi connectivity index (χ0n) is 23.2. The number of alkyl halides is 8. The Hall–Kier alpha value is -4.32. The largest absolute Gasteiger partial charge is 0.573 e. The van der Waals surface area contributed by atoms with Crippen LogP contribution in [0.25, 0.3) is 0 Å². The molecule has 0 bridgehead atoms. The van der Waals surface area contributed by atoms with Crippen molar-refractivity contribution in [2.24, 2.45) is 0 Å². The number of ether oxygens (including phenoxy) is 3. The van der Waals surface area contributed by atoms with Crippen molar-refractivity contribution in [1.82, 2.24) is 5.32 Å². The first-order valence-corrected chi connectivity index (χ1v) is 13.2. The fourth-order valence-corrected chi connectivity index (χ4v) is 4.87. The molecule has 234 valence electrons. The molecule has 0 radical (unpaired) electrons. The van der Waals surface area contributed by atoms with Crippen molar-refractivity contribution in [3.63, 3.8) is 0 Å². The first-order chi connectivity index (χ1) is 20.6. The number of halogens is 8. The molecular weight excluding hydrogens is 598 g/mol. The molecule has 0 saturated carbocycles. The molecule has 4 aromatic carbocycles. The second-order valence-corrected chi connectivity index (χ2v) is 10.1. The van der Waals surface area contributed by atoms with E-state index in [-0.39, 0.29) is 25.3 Å². The van der Waals surface area contributed by atoms with Gasteiger partial charge in [-0.2, -0.15) is 8.78 Å². The summed E-state index contributed by atoms with van der Waals surface area (Å²) in [6.45, 7) is 0.813. The van der Waals surface area contributed by atoms with Gasteiger partial charge < -0.3 is 19.5 Å². The van der Waals surface area contributed by atoms with Crippen LogP contribution in [0.15, 0.2) is 103 Å². The highest BCUT2D eigenvalue weighted by atomic mass is 19.4. The van der Waals surface area contributed by atoms with Crippen LogP contribution in [0.5, 0.6) is 17.2 Å². The molecule has 44 heavy (non-hydrogen) atoms. The topological polar surface area (TPSA) is 39.7 Å². The predicted molar refractivity (Wildman–Crippen MR) is 147 cm³/mol. The molecule has 0 aromatic heterocycles. The van der Waals surface area contributed by atoms with Gasteiger partial charge in [0.1, 0.15) is 17.2 Å². The maximum atomic E-state index is 13.2. The number of rotatable bonds is 12. The smallest absolute Gasteiger partial charge is 0.433 e. The minimum Gasteiger partial charge on any atom is -0.433 e. The van der Waals surface area contributed by atoms with Gasteiger partial charge in [0.25, 0.3) is 0 Å². The van der Waals surface area contributed by atoms with Crippen LogP contribution in [-0.4, -0.2) is 25.4 Å². The van der Waals surface area contributed by atoms with E-state index < -0.39 is 35.7 Å². The van der Waals surface area contributed by atoms with Gasteiger partial charge in [0.15, 0.2) is 0 Å². The fourth-order valence-electron chi connectivity index (χ4n) is 4.87. The van der Waals surface area contributed by atoms with Gasteiger partial charge in [0.2, 0.25) is 0 Å². The molecule has 4 nitrogen and oxygen atoms in total. The summed E-state index contributed by atoms with van der Waals surface area (Å²) >= 11 is 0. The molecule has 0 aliphatic rings. The molecule has 0 unspecified atom stereocenters. The minimum absolute atomic E-state index is 0.0259. The number of hydrogen-bond acceptors (Lipinski definition) is 4. The Kier molecular flexibility index (Phi) is 9.72. The molecule has 4 rings (SSSR count). The lowest BCUT2D eigenvalue weighted by Crippen LogP contribution is -2.41. The summed E-state index contributed by atoms with van der Waals surface area (Å²) in [6, 6.07) is 25.3. The van der Waals surface area contributed by atoms with Crippen molar-refractivity contribution in [2.75, 3.05) is 6.54 Å². The summed E-state index contributed by atoms with van der Waals surface area (Å²) < 4.78 is 118. The molecular formula is C32H27F8NO3. The second-order valence-electron chi connectivity index (χ2n) is 10.1. The van der Waals surface area contributed by atoms with Crippen LogP contribution in [0.4, 0.5) is 35.1 Å². The summed E-state index contributed by atoms with van der Waals surface area (Å²) in [5.74, 6) is -1.06. The van der Waals surface area contributed by atoms with Crippen LogP contribution < -0.4 is 19.5 Å². The van der Waals surface area contributed by atoms with E-state index in [4.69, 9.17) is 0 Å². The summed E-state index contributed by atoms with van der Waals surface area (Å²) in [7, 11) is 0. The van der Waals surface area contributed by atoms with E-state index in [9.17, 15) is 35.1 Å². The Morgan fingerprint density at radius 2 is 1.07 bits per heavy atom. The average Bonchev–Trinajstić information content (AvgIpc) is 2.92. The summed E-state index contributed by atoms with van der Waals surface area (Å²) in [6.07, 6.45) is -13.2. The lowest BCUT2D eigenvalue weighted by molar-refractivity contribution is -0.275.